The summed E-state index contributed by atoms with van der Waals surface area (Å²) < 4.78 is 29.5. The standard InChI is InChI=1S/C32H26FN3O6S/c1-40-23-13-7-19(8-14-23)30(37)34-21-5-4-6-25(17-21)43-29-28(35-26-16-15-24(41-2)18-27(26)42-3)31(38)36(32(29)39)22-11-9-20(33)10-12-22/h4-18,35H,1-3H3,(H,34,37). The van der Waals surface area contributed by atoms with E-state index in [0.29, 0.717) is 39.1 Å². The third-order valence-electron chi connectivity index (χ3n) is 6.46. The number of amides is 3. The minimum Gasteiger partial charge on any atom is -0.497 e. The smallest absolute Gasteiger partial charge is 0.283 e. The van der Waals surface area contributed by atoms with Crippen LogP contribution in [0.2, 0.25) is 0 Å². The topological polar surface area (TPSA) is 106 Å². The number of hydrogen-bond donors (Lipinski definition) is 2. The fraction of sp³-hybridized carbons (Fsp3) is 0.0938. The molecule has 9 nitrogen and oxygen atoms in total. The number of hydrogen-bond acceptors (Lipinski definition) is 8. The molecule has 0 fully saturated rings. The average Bonchev–Trinajstić information content (AvgIpc) is 3.25. The van der Waals surface area contributed by atoms with Gasteiger partial charge in [0.25, 0.3) is 17.7 Å². The van der Waals surface area contributed by atoms with E-state index < -0.39 is 17.6 Å². The molecule has 0 aromatic heterocycles. The van der Waals surface area contributed by atoms with Crippen molar-refractivity contribution in [3.8, 4) is 17.2 Å². The highest BCUT2D eigenvalue weighted by molar-refractivity contribution is 8.04. The van der Waals surface area contributed by atoms with Crippen LogP contribution in [0.5, 0.6) is 17.2 Å². The number of rotatable bonds is 10. The first-order valence-electron chi connectivity index (χ1n) is 12.9. The second-order valence-corrected chi connectivity index (χ2v) is 10.2. The van der Waals surface area contributed by atoms with Gasteiger partial charge < -0.3 is 24.8 Å². The molecule has 1 aliphatic rings. The third kappa shape index (κ3) is 6.31. The van der Waals surface area contributed by atoms with E-state index in [4.69, 9.17) is 14.2 Å². The second-order valence-electron chi connectivity index (χ2n) is 9.13. The molecule has 4 aromatic rings. The van der Waals surface area contributed by atoms with Crippen LogP contribution in [0, 0.1) is 5.82 Å². The van der Waals surface area contributed by atoms with Crippen molar-refractivity contribution in [1.82, 2.24) is 0 Å². The van der Waals surface area contributed by atoms with Crippen molar-refractivity contribution in [3.63, 3.8) is 0 Å². The molecular weight excluding hydrogens is 573 g/mol. The highest BCUT2D eigenvalue weighted by atomic mass is 32.2. The molecule has 0 bridgehead atoms. The van der Waals surface area contributed by atoms with E-state index in [1.807, 2.05) is 0 Å². The van der Waals surface area contributed by atoms with Crippen molar-refractivity contribution in [2.45, 2.75) is 4.90 Å². The minimum atomic E-state index is -0.624. The van der Waals surface area contributed by atoms with Crippen LogP contribution in [-0.4, -0.2) is 39.1 Å². The zero-order valence-corrected chi connectivity index (χ0v) is 24.2. The Hall–Kier alpha value is -5.29. The van der Waals surface area contributed by atoms with E-state index in [-0.39, 0.29) is 22.2 Å². The number of carbonyl (C=O) groups is 3. The molecule has 0 unspecified atom stereocenters. The van der Waals surface area contributed by atoms with Gasteiger partial charge in [-0.15, -0.1) is 0 Å². The van der Waals surface area contributed by atoms with Crippen molar-refractivity contribution < 1.29 is 33.0 Å². The minimum absolute atomic E-state index is 0.00969. The zero-order chi connectivity index (χ0) is 30.5. The average molecular weight is 600 g/mol. The number of methoxy groups -OCH3 is 3. The van der Waals surface area contributed by atoms with Gasteiger partial charge in [0.15, 0.2) is 0 Å². The fourth-order valence-corrected chi connectivity index (χ4v) is 5.26. The van der Waals surface area contributed by atoms with Gasteiger partial charge >= 0.3 is 0 Å². The molecule has 0 atom stereocenters. The lowest BCUT2D eigenvalue weighted by atomic mass is 10.2. The molecule has 43 heavy (non-hydrogen) atoms. The van der Waals surface area contributed by atoms with Crippen LogP contribution in [0.1, 0.15) is 10.4 Å². The molecule has 218 valence electrons. The highest BCUT2D eigenvalue weighted by Crippen LogP contribution is 2.40. The summed E-state index contributed by atoms with van der Waals surface area (Å²) in [7, 11) is 4.54. The van der Waals surface area contributed by atoms with Gasteiger partial charge in [-0.2, -0.15) is 0 Å². The molecule has 0 saturated carbocycles. The highest BCUT2D eigenvalue weighted by Gasteiger charge is 2.40. The van der Waals surface area contributed by atoms with Gasteiger partial charge in [0.05, 0.1) is 32.7 Å². The molecule has 5 rings (SSSR count). The summed E-state index contributed by atoms with van der Waals surface area (Å²) in [5, 5.41) is 5.91. The van der Waals surface area contributed by atoms with Crippen LogP contribution >= 0.6 is 11.8 Å². The summed E-state index contributed by atoms with van der Waals surface area (Å²) in [6.45, 7) is 0. The van der Waals surface area contributed by atoms with E-state index >= 15 is 0 Å². The van der Waals surface area contributed by atoms with E-state index in [2.05, 4.69) is 10.6 Å². The molecule has 2 N–H and O–H groups in total. The summed E-state index contributed by atoms with van der Waals surface area (Å²) in [6.07, 6.45) is 0. The van der Waals surface area contributed by atoms with Crippen molar-refractivity contribution in [3.05, 3.63) is 113 Å². The number of nitrogens with one attached hydrogen (secondary N) is 2. The number of benzene rings is 4. The molecular formula is C32H26FN3O6S. The Morgan fingerprint density at radius 3 is 2.16 bits per heavy atom. The molecule has 1 aliphatic heterocycles. The number of anilines is 3. The van der Waals surface area contributed by atoms with Crippen molar-refractivity contribution in [2.75, 3.05) is 36.9 Å². The van der Waals surface area contributed by atoms with Crippen LogP contribution in [0.25, 0.3) is 0 Å². The maximum Gasteiger partial charge on any atom is 0.283 e. The molecule has 0 radical (unpaired) electrons. The maximum absolute atomic E-state index is 13.7. The molecule has 4 aromatic carbocycles. The lowest BCUT2D eigenvalue weighted by Crippen LogP contribution is -2.32. The van der Waals surface area contributed by atoms with Crippen LogP contribution in [0.3, 0.4) is 0 Å². The quantitative estimate of drug-likeness (QED) is 0.211. The lowest BCUT2D eigenvalue weighted by Gasteiger charge is -2.16. The molecule has 11 heteroatoms. The maximum atomic E-state index is 13.7. The van der Waals surface area contributed by atoms with Gasteiger partial charge in [0.1, 0.15) is 33.7 Å². The molecule has 0 spiro atoms. The van der Waals surface area contributed by atoms with Gasteiger partial charge in [-0.25, -0.2) is 9.29 Å². The van der Waals surface area contributed by atoms with Crippen LogP contribution < -0.4 is 29.7 Å². The number of ether oxygens (including phenoxy) is 3. The number of thioether (sulfide) groups is 1. The summed E-state index contributed by atoms with van der Waals surface area (Å²) >= 11 is 1.05. The van der Waals surface area contributed by atoms with E-state index in [0.717, 1.165) is 16.7 Å². The van der Waals surface area contributed by atoms with Crippen molar-refractivity contribution >= 4 is 46.5 Å². The van der Waals surface area contributed by atoms with Gasteiger partial charge in [-0.3, -0.25) is 14.4 Å². The van der Waals surface area contributed by atoms with Gasteiger partial charge in [0.2, 0.25) is 0 Å². The molecule has 0 saturated heterocycles. The number of carbonyl (C=O) groups excluding carboxylic acids is 3. The molecule has 0 aliphatic carbocycles. The monoisotopic (exact) mass is 599 g/mol. The SMILES string of the molecule is COc1ccc(C(=O)Nc2cccc(SC3=C(Nc4ccc(OC)cc4OC)C(=O)N(c4ccc(F)cc4)C3=O)c2)cc1. The number of nitrogens with zero attached hydrogens (tertiary/aromatic N) is 1. The Balaban J connectivity index is 1.47. The number of imide groups is 1. The van der Waals surface area contributed by atoms with Crippen molar-refractivity contribution in [2.24, 2.45) is 0 Å². The Bertz CT molecular complexity index is 1720. The van der Waals surface area contributed by atoms with Gasteiger partial charge in [-0.05, 0) is 78.9 Å². The first-order valence-corrected chi connectivity index (χ1v) is 13.7. The largest absolute Gasteiger partial charge is 0.497 e. The summed E-state index contributed by atoms with van der Waals surface area (Å²) in [5.41, 5.74) is 1.58. The van der Waals surface area contributed by atoms with Gasteiger partial charge in [-0.1, -0.05) is 17.8 Å². The summed E-state index contributed by atoms with van der Waals surface area (Å²) in [4.78, 5) is 41.9. The Morgan fingerprint density at radius 2 is 1.49 bits per heavy atom. The van der Waals surface area contributed by atoms with Crippen LogP contribution in [-0.2, 0) is 9.59 Å². The summed E-state index contributed by atoms with van der Waals surface area (Å²) in [5.74, 6) is -0.482. The van der Waals surface area contributed by atoms with Crippen molar-refractivity contribution in [1.29, 1.82) is 0 Å². The second kappa shape index (κ2) is 12.7. The molecule has 1 heterocycles. The lowest BCUT2D eigenvalue weighted by molar-refractivity contribution is -0.120. The Morgan fingerprint density at radius 1 is 0.791 bits per heavy atom. The predicted molar refractivity (Wildman–Crippen MR) is 162 cm³/mol. The third-order valence-corrected chi connectivity index (χ3v) is 7.53. The first kappa shape index (κ1) is 29.2. The van der Waals surface area contributed by atoms with E-state index in [9.17, 15) is 18.8 Å². The van der Waals surface area contributed by atoms with Gasteiger partial charge in [0, 0.05) is 22.2 Å². The zero-order valence-electron chi connectivity index (χ0n) is 23.3. The predicted octanol–water partition coefficient (Wildman–Crippen LogP) is 6.09. The van der Waals surface area contributed by atoms with Crippen LogP contribution in [0.15, 0.2) is 106 Å². The Kier molecular flexibility index (Phi) is 8.63. The summed E-state index contributed by atoms with van der Waals surface area (Å²) in [6, 6.07) is 23.6. The van der Waals surface area contributed by atoms with E-state index in [1.165, 1.54) is 38.5 Å². The normalized spacial score (nSPS) is 12.8. The molecule has 3 amide bonds. The van der Waals surface area contributed by atoms with E-state index in [1.54, 1.807) is 73.8 Å². The number of halogens is 1. The first-order chi connectivity index (χ1) is 20.8. The van der Waals surface area contributed by atoms with Crippen LogP contribution in [0.4, 0.5) is 21.5 Å². The fourth-order valence-electron chi connectivity index (χ4n) is 4.28. The Labute approximate surface area is 251 Å².